The molecule has 0 atom stereocenters. The minimum atomic E-state index is -0.0734. The molecule has 0 radical (unpaired) electrons. The molecule has 5 nitrogen and oxygen atoms in total. The summed E-state index contributed by atoms with van der Waals surface area (Å²) in [7, 11) is 1.90. The molecule has 1 N–H and O–H groups in total. The lowest BCUT2D eigenvalue weighted by molar-refractivity contribution is -0.122. The monoisotopic (exact) mass is 263 g/mol. The normalized spacial score (nSPS) is 17.5. The summed E-state index contributed by atoms with van der Waals surface area (Å²) in [5, 5.41) is 7.22. The van der Waals surface area contributed by atoms with E-state index in [1.54, 1.807) is 6.08 Å². The van der Waals surface area contributed by atoms with Gasteiger partial charge in [0.2, 0.25) is 5.91 Å². The van der Waals surface area contributed by atoms with Gasteiger partial charge >= 0.3 is 0 Å². The summed E-state index contributed by atoms with van der Waals surface area (Å²) in [6.45, 7) is 8.13. The van der Waals surface area contributed by atoms with Gasteiger partial charge in [-0.05, 0) is 19.9 Å². The highest BCUT2D eigenvalue weighted by atomic mass is 16.5. The first kappa shape index (κ1) is 13.8. The SMILES string of the molecule is Cc1nn(C)c(C)c1C=CC(=O)NCC1(C)COC1. The minimum absolute atomic E-state index is 0.0734. The number of hydrogen-bond donors (Lipinski definition) is 1. The van der Waals surface area contributed by atoms with Gasteiger partial charge in [0.15, 0.2) is 0 Å². The van der Waals surface area contributed by atoms with Crippen molar-refractivity contribution in [3.05, 3.63) is 23.0 Å². The zero-order valence-electron chi connectivity index (χ0n) is 12.0. The van der Waals surface area contributed by atoms with Crippen LogP contribution in [0.1, 0.15) is 23.9 Å². The molecule has 0 bridgehead atoms. The van der Waals surface area contributed by atoms with E-state index < -0.39 is 0 Å². The van der Waals surface area contributed by atoms with Crippen LogP contribution in [0.5, 0.6) is 0 Å². The van der Waals surface area contributed by atoms with Crippen LogP contribution in [-0.2, 0) is 16.6 Å². The lowest BCUT2D eigenvalue weighted by atomic mass is 9.89. The van der Waals surface area contributed by atoms with Gasteiger partial charge in [0.05, 0.1) is 18.9 Å². The lowest BCUT2D eigenvalue weighted by Crippen LogP contribution is -2.48. The molecule has 2 rings (SSSR count). The van der Waals surface area contributed by atoms with Gasteiger partial charge in [-0.1, -0.05) is 6.92 Å². The quantitative estimate of drug-likeness (QED) is 0.831. The van der Waals surface area contributed by atoms with Crippen LogP contribution in [0, 0.1) is 19.3 Å². The summed E-state index contributed by atoms with van der Waals surface area (Å²) >= 11 is 0. The Balaban J connectivity index is 1.92. The molecule has 0 saturated carbocycles. The first-order valence-electron chi connectivity index (χ1n) is 6.45. The van der Waals surface area contributed by atoms with Crippen molar-refractivity contribution in [3.63, 3.8) is 0 Å². The van der Waals surface area contributed by atoms with Crippen LogP contribution in [-0.4, -0.2) is 35.4 Å². The van der Waals surface area contributed by atoms with Gasteiger partial charge in [-0.2, -0.15) is 5.10 Å². The van der Waals surface area contributed by atoms with E-state index in [1.807, 2.05) is 31.7 Å². The lowest BCUT2D eigenvalue weighted by Gasteiger charge is -2.37. The second kappa shape index (κ2) is 5.17. The van der Waals surface area contributed by atoms with Gasteiger partial charge in [-0.3, -0.25) is 9.48 Å². The molecule has 1 aliphatic heterocycles. The number of carbonyl (C=O) groups excluding carboxylic acids is 1. The molecule has 2 heterocycles. The van der Waals surface area contributed by atoms with E-state index in [-0.39, 0.29) is 11.3 Å². The number of nitrogens with one attached hydrogen (secondary N) is 1. The predicted molar refractivity (Wildman–Crippen MR) is 73.7 cm³/mol. The van der Waals surface area contributed by atoms with Crippen molar-refractivity contribution in [3.8, 4) is 0 Å². The van der Waals surface area contributed by atoms with Crippen molar-refractivity contribution in [2.75, 3.05) is 19.8 Å². The highest BCUT2D eigenvalue weighted by molar-refractivity contribution is 5.92. The third-order valence-corrected chi connectivity index (χ3v) is 3.56. The van der Waals surface area contributed by atoms with Crippen molar-refractivity contribution in [1.82, 2.24) is 15.1 Å². The number of ether oxygens (including phenoxy) is 1. The van der Waals surface area contributed by atoms with E-state index in [0.717, 1.165) is 30.2 Å². The molecule has 1 saturated heterocycles. The van der Waals surface area contributed by atoms with E-state index in [9.17, 15) is 4.79 Å². The standard InChI is InChI=1S/C14H21N3O2/c1-10-12(11(2)17(4)16-10)5-6-13(18)15-7-14(3)8-19-9-14/h5-6H,7-9H2,1-4H3,(H,15,18). The molecular formula is C14H21N3O2. The molecule has 1 fully saturated rings. The topological polar surface area (TPSA) is 56.2 Å². The van der Waals surface area contributed by atoms with Gasteiger partial charge in [0.1, 0.15) is 0 Å². The summed E-state index contributed by atoms with van der Waals surface area (Å²) < 4.78 is 6.97. The van der Waals surface area contributed by atoms with Crippen molar-refractivity contribution in [2.45, 2.75) is 20.8 Å². The molecule has 0 aliphatic carbocycles. The van der Waals surface area contributed by atoms with Crippen LogP contribution in [0.25, 0.3) is 6.08 Å². The summed E-state index contributed by atoms with van der Waals surface area (Å²) in [6, 6.07) is 0. The molecule has 1 aromatic heterocycles. The van der Waals surface area contributed by atoms with Gasteiger partial charge in [-0.15, -0.1) is 0 Å². The van der Waals surface area contributed by atoms with E-state index in [4.69, 9.17) is 4.74 Å². The van der Waals surface area contributed by atoms with Crippen molar-refractivity contribution in [1.29, 1.82) is 0 Å². The van der Waals surface area contributed by atoms with Crippen LogP contribution in [0.15, 0.2) is 6.08 Å². The third kappa shape index (κ3) is 3.04. The number of aryl methyl sites for hydroxylation is 2. The number of rotatable bonds is 4. The fourth-order valence-electron chi connectivity index (χ4n) is 2.10. The van der Waals surface area contributed by atoms with Crippen LogP contribution in [0.4, 0.5) is 0 Å². The first-order valence-corrected chi connectivity index (χ1v) is 6.45. The minimum Gasteiger partial charge on any atom is -0.380 e. The molecular weight excluding hydrogens is 242 g/mol. The Hall–Kier alpha value is -1.62. The van der Waals surface area contributed by atoms with Crippen molar-refractivity contribution < 1.29 is 9.53 Å². The molecule has 104 valence electrons. The number of hydrogen-bond acceptors (Lipinski definition) is 3. The zero-order chi connectivity index (χ0) is 14.0. The number of carbonyl (C=O) groups is 1. The predicted octanol–water partition coefficient (Wildman–Crippen LogP) is 1.20. The maximum atomic E-state index is 11.8. The Morgan fingerprint density at radius 3 is 2.68 bits per heavy atom. The molecule has 1 aromatic rings. The summed E-state index contributed by atoms with van der Waals surface area (Å²) in [5.74, 6) is -0.0734. The van der Waals surface area contributed by atoms with Gasteiger partial charge in [0.25, 0.3) is 0 Å². The third-order valence-electron chi connectivity index (χ3n) is 3.56. The van der Waals surface area contributed by atoms with Crippen LogP contribution < -0.4 is 5.32 Å². The average molecular weight is 263 g/mol. The summed E-state index contributed by atoms with van der Waals surface area (Å²) in [6.07, 6.45) is 3.40. The highest BCUT2D eigenvalue weighted by Gasteiger charge is 2.33. The van der Waals surface area contributed by atoms with Crippen molar-refractivity contribution in [2.24, 2.45) is 12.5 Å². The Morgan fingerprint density at radius 1 is 1.53 bits per heavy atom. The average Bonchev–Trinajstić information content (AvgIpc) is 2.56. The molecule has 0 aromatic carbocycles. The van der Waals surface area contributed by atoms with Gasteiger partial charge in [-0.25, -0.2) is 0 Å². The number of amides is 1. The number of nitrogens with zero attached hydrogens (tertiary/aromatic N) is 2. The maximum Gasteiger partial charge on any atom is 0.244 e. The largest absolute Gasteiger partial charge is 0.380 e. The van der Waals surface area contributed by atoms with E-state index in [0.29, 0.717) is 6.54 Å². The Labute approximate surface area is 113 Å². The van der Waals surface area contributed by atoms with Crippen LogP contribution >= 0.6 is 0 Å². The van der Waals surface area contributed by atoms with Gasteiger partial charge in [0, 0.05) is 36.3 Å². The maximum absolute atomic E-state index is 11.8. The Kier molecular flexibility index (Phi) is 3.75. The van der Waals surface area contributed by atoms with Crippen LogP contribution in [0.2, 0.25) is 0 Å². The summed E-state index contributed by atoms with van der Waals surface area (Å²) in [4.78, 5) is 11.8. The molecule has 19 heavy (non-hydrogen) atoms. The molecule has 5 heteroatoms. The van der Waals surface area contributed by atoms with E-state index >= 15 is 0 Å². The second-order valence-corrected chi connectivity index (χ2v) is 5.56. The fourth-order valence-corrected chi connectivity index (χ4v) is 2.10. The van der Waals surface area contributed by atoms with Gasteiger partial charge < -0.3 is 10.1 Å². The zero-order valence-corrected chi connectivity index (χ0v) is 12.0. The second-order valence-electron chi connectivity index (χ2n) is 5.56. The molecule has 1 amide bonds. The molecule has 0 spiro atoms. The van der Waals surface area contributed by atoms with Crippen LogP contribution in [0.3, 0.4) is 0 Å². The Morgan fingerprint density at radius 2 is 2.21 bits per heavy atom. The fraction of sp³-hybridized carbons (Fsp3) is 0.571. The summed E-state index contributed by atoms with van der Waals surface area (Å²) in [5.41, 5.74) is 3.10. The number of aromatic nitrogens is 2. The smallest absolute Gasteiger partial charge is 0.244 e. The van der Waals surface area contributed by atoms with Crippen molar-refractivity contribution >= 4 is 12.0 Å². The molecule has 1 aliphatic rings. The Bertz CT molecular complexity index is 513. The van der Waals surface area contributed by atoms with E-state index in [1.165, 1.54) is 0 Å². The first-order chi connectivity index (χ1) is 8.91. The van der Waals surface area contributed by atoms with E-state index in [2.05, 4.69) is 17.3 Å². The highest BCUT2D eigenvalue weighted by Crippen LogP contribution is 2.25. The molecule has 0 unspecified atom stereocenters.